The molecule has 2 aromatic rings. The van der Waals surface area contributed by atoms with Gasteiger partial charge in [-0.05, 0) is 19.1 Å². The Hall–Kier alpha value is -3.17. The van der Waals surface area contributed by atoms with Crippen molar-refractivity contribution in [2.24, 2.45) is 0 Å². The molecule has 0 fully saturated rings. The molecular formula is C14H18N6O4. The van der Waals surface area contributed by atoms with Gasteiger partial charge in [-0.2, -0.15) is 10.2 Å². The van der Waals surface area contributed by atoms with Gasteiger partial charge in [-0.25, -0.2) is 4.68 Å². The van der Waals surface area contributed by atoms with Crippen molar-refractivity contribution < 1.29 is 19.5 Å². The Balaban J connectivity index is 1.73. The van der Waals surface area contributed by atoms with Gasteiger partial charge in [0.2, 0.25) is 5.91 Å². The molecule has 0 aliphatic rings. The number of rotatable bonds is 8. The highest BCUT2D eigenvalue weighted by molar-refractivity contribution is 5.92. The molecule has 0 radical (unpaired) electrons. The average Bonchev–Trinajstić information content (AvgIpc) is 3.13. The predicted molar refractivity (Wildman–Crippen MR) is 82.2 cm³/mol. The number of hydrogen-bond acceptors (Lipinski definition) is 5. The lowest BCUT2D eigenvalue weighted by Crippen LogP contribution is -2.37. The van der Waals surface area contributed by atoms with Crippen molar-refractivity contribution in [2.75, 3.05) is 13.1 Å². The lowest BCUT2D eigenvalue weighted by Gasteiger charge is -2.09. The minimum absolute atomic E-state index is 0.109. The number of hydrogen-bond donors (Lipinski definition) is 3. The van der Waals surface area contributed by atoms with Gasteiger partial charge in [0, 0.05) is 31.2 Å². The first-order valence-corrected chi connectivity index (χ1v) is 7.24. The summed E-state index contributed by atoms with van der Waals surface area (Å²) in [6.45, 7) is 2.02. The molecule has 3 N–H and O–H groups in total. The van der Waals surface area contributed by atoms with E-state index in [-0.39, 0.29) is 31.2 Å². The minimum atomic E-state index is -1.09. The van der Waals surface area contributed by atoms with Gasteiger partial charge in [0.1, 0.15) is 18.8 Å². The molecule has 128 valence electrons. The molecule has 2 amide bonds. The van der Waals surface area contributed by atoms with Crippen LogP contribution in [0.5, 0.6) is 0 Å². The molecule has 0 saturated heterocycles. The van der Waals surface area contributed by atoms with E-state index in [2.05, 4.69) is 20.8 Å². The minimum Gasteiger partial charge on any atom is -0.480 e. The highest BCUT2D eigenvalue weighted by Gasteiger charge is 2.13. The molecule has 0 aliphatic carbocycles. The molecule has 10 heteroatoms. The maximum atomic E-state index is 12.0. The van der Waals surface area contributed by atoms with Crippen molar-refractivity contribution in [1.82, 2.24) is 30.2 Å². The smallest absolute Gasteiger partial charge is 0.325 e. The molecule has 0 unspecified atom stereocenters. The molecule has 2 aromatic heterocycles. The van der Waals surface area contributed by atoms with E-state index >= 15 is 0 Å². The normalized spacial score (nSPS) is 10.4. The third-order valence-corrected chi connectivity index (χ3v) is 3.19. The molecule has 0 spiro atoms. The van der Waals surface area contributed by atoms with Gasteiger partial charge in [-0.15, -0.1) is 0 Å². The largest absolute Gasteiger partial charge is 0.480 e. The van der Waals surface area contributed by atoms with Crippen molar-refractivity contribution in [3.05, 3.63) is 35.9 Å². The fourth-order valence-electron chi connectivity index (χ4n) is 2.00. The second kappa shape index (κ2) is 7.90. The topological polar surface area (TPSA) is 131 Å². The van der Waals surface area contributed by atoms with E-state index < -0.39 is 18.4 Å². The molecule has 0 saturated carbocycles. The van der Waals surface area contributed by atoms with E-state index in [0.29, 0.717) is 0 Å². The molecule has 2 heterocycles. The Morgan fingerprint density at radius 2 is 1.71 bits per heavy atom. The van der Waals surface area contributed by atoms with Gasteiger partial charge in [0.15, 0.2) is 0 Å². The SMILES string of the molecule is Cc1ccnn1CC(=O)NCCNC(=O)c1ccnn1CC(=O)O. The van der Waals surface area contributed by atoms with Gasteiger partial charge in [-0.1, -0.05) is 0 Å². The fourth-order valence-corrected chi connectivity index (χ4v) is 2.00. The fraction of sp³-hybridized carbons (Fsp3) is 0.357. The summed E-state index contributed by atoms with van der Waals surface area (Å²) in [5.74, 6) is -1.76. The van der Waals surface area contributed by atoms with E-state index in [4.69, 9.17) is 5.11 Å². The van der Waals surface area contributed by atoms with E-state index in [0.717, 1.165) is 10.4 Å². The number of aryl methyl sites for hydroxylation is 1. The van der Waals surface area contributed by atoms with Crippen LogP contribution in [0.1, 0.15) is 16.2 Å². The maximum Gasteiger partial charge on any atom is 0.325 e. The van der Waals surface area contributed by atoms with Gasteiger partial charge in [0.25, 0.3) is 5.91 Å². The van der Waals surface area contributed by atoms with E-state index in [1.165, 1.54) is 12.3 Å². The first-order chi connectivity index (χ1) is 11.5. The molecule has 24 heavy (non-hydrogen) atoms. The number of nitrogens with one attached hydrogen (secondary N) is 2. The summed E-state index contributed by atoms with van der Waals surface area (Å²) in [5, 5.41) is 21.8. The highest BCUT2D eigenvalue weighted by Crippen LogP contribution is 1.98. The second-order valence-electron chi connectivity index (χ2n) is 5.00. The molecule has 0 atom stereocenters. The summed E-state index contributed by atoms with van der Waals surface area (Å²) in [4.78, 5) is 34.4. The van der Waals surface area contributed by atoms with Crippen molar-refractivity contribution in [1.29, 1.82) is 0 Å². The third-order valence-electron chi connectivity index (χ3n) is 3.19. The number of aromatic nitrogens is 4. The quantitative estimate of drug-likeness (QED) is 0.532. The van der Waals surface area contributed by atoms with Crippen LogP contribution < -0.4 is 10.6 Å². The summed E-state index contributed by atoms with van der Waals surface area (Å²) in [7, 11) is 0. The summed E-state index contributed by atoms with van der Waals surface area (Å²) < 4.78 is 2.66. The molecule has 0 aromatic carbocycles. The Labute approximate surface area is 137 Å². The van der Waals surface area contributed by atoms with Gasteiger partial charge in [0.05, 0.1) is 0 Å². The first kappa shape index (κ1) is 17.2. The van der Waals surface area contributed by atoms with Crippen LogP contribution in [0.3, 0.4) is 0 Å². The Kier molecular flexibility index (Phi) is 5.66. The van der Waals surface area contributed by atoms with Crippen LogP contribution >= 0.6 is 0 Å². The van der Waals surface area contributed by atoms with E-state index in [1.54, 1.807) is 16.9 Å². The summed E-state index contributed by atoms with van der Waals surface area (Å²) >= 11 is 0. The second-order valence-corrected chi connectivity index (χ2v) is 5.00. The zero-order valence-electron chi connectivity index (χ0n) is 13.1. The standard InChI is InChI=1S/C14H18N6O4/c1-10-2-4-17-19(10)8-12(21)15-6-7-16-14(24)11-3-5-18-20(11)9-13(22)23/h2-5H,6-9H2,1H3,(H,15,21)(H,16,24)(H,22,23). The van der Waals surface area contributed by atoms with Gasteiger partial charge >= 0.3 is 5.97 Å². The predicted octanol–water partition coefficient (Wildman–Crippen LogP) is -0.981. The number of carboxylic acids is 1. The first-order valence-electron chi connectivity index (χ1n) is 7.24. The van der Waals surface area contributed by atoms with Crippen LogP contribution in [0.4, 0.5) is 0 Å². The lowest BCUT2D eigenvalue weighted by atomic mass is 10.4. The lowest BCUT2D eigenvalue weighted by molar-refractivity contribution is -0.137. The number of aliphatic carboxylic acids is 1. The zero-order valence-corrected chi connectivity index (χ0v) is 13.1. The number of carbonyl (C=O) groups is 3. The van der Waals surface area contributed by atoms with Crippen molar-refractivity contribution in [2.45, 2.75) is 20.0 Å². The number of amides is 2. The summed E-state index contributed by atoms with van der Waals surface area (Å²) in [5.41, 5.74) is 1.03. The van der Waals surface area contributed by atoms with Crippen LogP contribution in [-0.4, -0.2) is 55.5 Å². The van der Waals surface area contributed by atoms with Crippen LogP contribution in [0.25, 0.3) is 0 Å². The Morgan fingerprint density at radius 3 is 2.38 bits per heavy atom. The molecule has 10 nitrogen and oxygen atoms in total. The van der Waals surface area contributed by atoms with Gasteiger partial charge in [-0.3, -0.25) is 19.1 Å². The Bertz CT molecular complexity index is 735. The monoisotopic (exact) mass is 334 g/mol. The maximum absolute atomic E-state index is 12.0. The highest BCUT2D eigenvalue weighted by atomic mass is 16.4. The van der Waals surface area contributed by atoms with Crippen LogP contribution in [0.2, 0.25) is 0 Å². The number of carbonyl (C=O) groups excluding carboxylic acids is 2. The molecule has 0 aliphatic heterocycles. The van der Waals surface area contributed by atoms with Crippen LogP contribution in [-0.2, 0) is 22.7 Å². The number of carboxylic acid groups (broad SMARTS) is 1. The average molecular weight is 334 g/mol. The summed E-state index contributed by atoms with van der Waals surface area (Å²) in [6, 6.07) is 3.23. The van der Waals surface area contributed by atoms with Crippen molar-refractivity contribution in [3.8, 4) is 0 Å². The van der Waals surface area contributed by atoms with E-state index in [1.807, 2.05) is 6.92 Å². The Morgan fingerprint density at radius 1 is 1.04 bits per heavy atom. The van der Waals surface area contributed by atoms with Crippen LogP contribution in [0, 0.1) is 6.92 Å². The summed E-state index contributed by atoms with van der Waals surface area (Å²) in [6.07, 6.45) is 2.97. The van der Waals surface area contributed by atoms with Crippen LogP contribution in [0.15, 0.2) is 24.5 Å². The molecular weight excluding hydrogens is 316 g/mol. The van der Waals surface area contributed by atoms with Crippen molar-refractivity contribution >= 4 is 17.8 Å². The molecule has 0 bridgehead atoms. The molecule has 2 rings (SSSR count). The van der Waals surface area contributed by atoms with Gasteiger partial charge < -0.3 is 15.7 Å². The van der Waals surface area contributed by atoms with E-state index in [9.17, 15) is 14.4 Å². The van der Waals surface area contributed by atoms with Crippen molar-refractivity contribution in [3.63, 3.8) is 0 Å². The number of nitrogens with zero attached hydrogens (tertiary/aromatic N) is 4. The zero-order chi connectivity index (χ0) is 17.5. The third kappa shape index (κ3) is 4.66.